The van der Waals surface area contributed by atoms with Crippen LogP contribution in [0.5, 0.6) is 0 Å². The van der Waals surface area contributed by atoms with Gasteiger partial charge >= 0.3 is 0 Å². The number of hydrogen-bond acceptors (Lipinski definition) is 0. The van der Waals surface area contributed by atoms with Crippen molar-refractivity contribution < 1.29 is 0 Å². The van der Waals surface area contributed by atoms with Crippen LogP contribution in [0.2, 0.25) is 0 Å². The molecule has 0 aliphatic heterocycles. The van der Waals surface area contributed by atoms with E-state index in [1.165, 1.54) is 16.5 Å². The number of halogens is 2. The van der Waals surface area contributed by atoms with E-state index in [9.17, 15) is 0 Å². The minimum atomic E-state index is 0.557. The normalized spacial score (nSPS) is 11.1. The zero-order valence-electron chi connectivity index (χ0n) is 8.12. The SMILES string of the molecule is Cc1cc(Br)c2[nH]c(C)c(CCl)c2c1. The Hall–Kier alpha value is -0.470. The minimum Gasteiger partial charge on any atom is -0.357 e. The lowest BCUT2D eigenvalue weighted by molar-refractivity contribution is 1.23. The Balaban J connectivity index is 2.87. The fourth-order valence-electron chi connectivity index (χ4n) is 1.74. The van der Waals surface area contributed by atoms with Crippen molar-refractivity contribution >= 4 is 38.4 Å². The Kier molecular flexibility index (Phi) is 2.58. The average Bonchev–Trinajstić information content (AvgIpc) is 2.41. The Morgan fingerprint density at radius 2 is 2.07 bits per heavy atom. The summed E-state index contributed by atoms with van der Waals surface area (Å²) in [5.41, 5.74) is 4.74. The van der Waals surface area contributed by atoms with Gasteiger partial charge in [-0.3, -0.25) is 0 Å². The summed E-state index contributed by atoms with van der Waals surface area (Å²) in [5.74, 6) is 0.557. The second kappa shape index (κ2) is 3.59. The predicted molar refractivity (Wildman–Crippen MR) is 65.0 cm³/mol. The van der Waals surface area contributed by atoms with Crippen molar-refractivity contribution in [2.45, 2.75) is 19.7 Å². The molecule has 14 heavy (non-hydrogen) atoms. The summed E-state index contributed by atoms with van der Waals surface area (Å²) in [7, 11) is 0. The van der Waals surface area contributed by atoms with Crippen molar-refractivity contribution in [1.29, 1.82) is 0 Å². The lowest BCUT2D eigenvalue weighted by Gasteiger charge is -1.98. The Morgan fingerprint density at radius 1 is 1.36 bits per heavy atom. The number of alkyl halides is 1. The van der Waals surface area contributed by atoms with Gasteiger partial charge in [0.05, 0.1) is 5.52 Å². The van der Waals surface area contributed by atoms with Crippen molar-refractivity contribution in [3.8, 4) is 0 Å². The maximum atomic E-state index is 5.92. The lowest BCUT2D eigenvalue weighted by atomic mass is 10.1. The third-order valence-electron chi connectivity index (χ3n) is 2.46. The molecule has 0 atom stereocenters. The first-order valence-electron chi connectivity index (χ1n) is 4.46. The van der Waals surface area contributed by atoms with Crippen LogP contribution in [0.3, 0.4) is 0 Å². The third-order valence-corrected chi connectivity index (χ3v) is 3.35. The van der Waals surface area contributed by atoms with E-state index < -0.39 is 0 Å². The molecule has 0 saturated heterocycles. The summed E-state index contributed by atoms with van der Waals surface area (Å²) in [6.45, 7) is 4.14. The molecule has 2 aromatic rings. The summed E-state index contributed by atoms with van der Waals surface area (Å²) in [6, 6.07) is 4.28. The van der Waals surface area contributed by atoms with Crippen molar-refractivity contribution in [1.82, 2.24) is 4.98 Å². The van der Waals surface area contributed by atoms with Crippen LogP contribution in [0.4, 0.5) is 0 Å². The topological polar surface area (TPSA) is 15.8 Å². The van der Waals surface area contributed by atoms with Gasteiger partial charge in [-0.2, -0.15) is 0 Å². The second-order valence-electron chi connectivity index (χ2n) is 3.53. The Labute approximate surface area is 96.6 Å². The van der Waals surface area contributed by atoms with E-state index in [1.54, 1.807) is 0 Å². The minimum absolute atomic E-state index is 0.557. The first-order valence-corrected chi connectivity index (χ1v) is 5.79. The molecular formula is C11H11BrClN. The van der Waals surface area contributed by atoms with E-state index in [0.29, 0.717) is 5.88 Å². The highest BCUT2D eigenvalue weighted by Gasteiger charge is 2.09. The monoisotopic (exact) mass is 271 g/mol. The molecule has 0 saturated carbocycles. The molecular weight excluding hydrogens is 261 g/mol. The van der Waals surface area contributed by atoms with E-state index in [2.05, 4.69) is 46.9 Å². The van der Waals surface area contributed by atoms with Gasteiger partial charge in [-0.25, -0.2) is 0 Å². The number of aryl methyl sites for hydroxylation is 2. The van der Waals surface area contributed by atoms with Gasteiger partial charge in [0.2, 0.25) is 0 Å². The Bertz CT molecular complexity index is 487. The summed E-state index contributed by atoms with van der Waals surface area (Å²) in [6.07, 6.45) is 0. The predicted octanol–water partition coefficient (Wildman–Crippen LogP) is 4.29. The van der Waals surface area contributed by atoms with Crippen LogP contribution < -0.4 is 0 Å². The molecule has 0 fully saturated rings. The molecule has 0 amide bonds. The number of nitrogens with one attached hydrogen (secondary N) is 1. The maximum absolute atomic E-state index is 5.92. The number of aromatic nitrogens is 1. The molecule has 1 heterocycles. The molecule has 1 N–H and O–H groups in total. The summed E-state index contributed by atoms with van der Waals surface area (Å²) in [5, 5.41) is 1.23. The van der Waals surface area contributed by atoms with E-state index in [0.717, 1.165) is 15.7 Å². The van der Waals surface area contributed by atoms with Gasteiger partial charge in [0.1, 0.15) is 0 Å². The molecule has 1 aromatic heterocycles. The molecule has 0 aliphatic carbocycles. The first-order chi connectivity index (χ1) is 6.63. The summed E-state index contributed by atoms with van der Waals surface area (Å²) in [4.78, 5) is 3.34. The van der Waals surface area contributed by atoms with Crippen LogP contribution in [0, 0.1) is 13.8 Å². The smallest absolute Gasteiger partial charge is 0.0603 e. The molecule has 2 rings (SSSR count). The van der Waals surface area contributed by atoms with Crippen LogP contribution in [0.15, 0.2) is 16.6 Å². The lowest BCUT2D eigenvalue weighted by Crippen LogP contribution is -1.79. The Morgan fingerprint density at radius 3 is 2.71 bits per heavy atom. The molecule has 3 heteroatoms. The molecule has 0 spiro atoms. The van der Waals surface area contributed by atoms with Crippen LogP contribution in [0.1, 0.15) is 16.8 Å². The van der Waals surface area contributed by atoms with Gasteiger partial charge in [-0.1, -0.05) is 0 Å². The van der Waals surface area contributed by atoms with Gasteiger partial charge in [0.15, 0.2) is 0 Å². The molecule has 0 aliphatic rings. The van der Waals surface area contributed by atoms with Crippen LogP contribution >= 0.6 is 27.5 Å². The number of hydrogen-bond donors (Lipinski definition) is 1. The number of H-pyrrole nitrogens is 1. The van der Waals surface area contributed by atoms with Crippen molar-refractivity contribution in [3.05, 3.63) is 33.4 Å². The highest BCUT2D eigenvalue weighted by atomic mass is 79.9. The fourth-order valence-corrected chi connectivity index (χ4v) is 2.76. The summed E-state index contributed by atoms with van der Waals surface area (Å²) < 4.78 is 1.10. The number of rotatable bonds is 1. The van der Waals surface area contributed by atoms with E-state index in [1.807, 2.05) is 0 Å². The standard InChI is InChI=1S/C11H11BrClN/c1-6-3-8-9(5-13)7(2)14-11(8)10(12)4-6/h3-4,14H,5H2,1-2H3. The van der Waals surface area contributed by atoms with Gasteiger partial charge in [0, 0.05) is 21.4 Å². The highest BCUT2D eigenvalue weighted by molar-refractivity contribution is 9.10. The second-order valence-corrected chi connectivity index (χ2v) is 4.65. The number of fused-ring (bicyclic) bond motifs is 1. The van der Waals surface area contributed by atoms with Crippen LogP contribution in [0.25, 0.3) is 10.9 Å². The van der Waals surface area contributed by atoms with E-state index in [4.69, 9.17) is 11.6 Å². The highest BCUT2D eigenvalue weighted by Crippen LogP contribution is 2.30. The molecule has 0 bridgehead atoms. The number of aromatic amines is 1. The van der Waals surface area contributed by atoms with Gasteiger partial charge in [0.25, 0.3) is 0 Å². The van der Waals surface area contributed by atoms with Gasteiger partial charge in [-0.05, 0) is 53.0 Å². The van der Waals surface area contributed by atoms with E-state index >= 15 is 0 Å². The fraction of sp³-hybridized carbons (Fsp3) is 0.273. The van der Waals surface area contributed by atoms with Crippen molar-refractivity contribution in [3.63, 3.8) is 0 Å². The third kappa shape index (κ3) is 1.47. The van der Waals surface area contributed by atoms with Crippen molar-refractivity contribution in [2.24, 2.45) is 0 Å². The summed E-state index contributed by atoms with van der Waals surface area (Å²) >= 11 is 9.47. The largest absolute Gasteiger partial charge is 0.357 e. The molecule has 74 valence electrons. The zero-order valence-corrected chi connectivity index (χ0v) is 10.5. The van der Waals surface area contributed by atoms with Crippen molar-refractivity contribution in [2.75, 3.05) is 0 Å². The zero-order chi connectivity index (χ0) is 10.3. The molecule has 1 aromatic carbocycles. The number of benzene rings is 1. The van der Waals surface area contributed by atoms with Crippen LogP contribution in [-0.2, 0) is 5.88 Å². The van der Waals surface area contributed by atoms with Gasteiger partial charge < -0.3 is 4.98 Å². The van der Waals surface area contributed by atoms with Gasteiger partial charge in [-0.15, -0.1) is 11.6 Å². The molecule has 0 radical (unpaired) electrons. The quantitative estimate of drug-likeness (QED) is 0.746. The van der Waals surface area contributed by atoms with E-state index in [-0.39, 0.29) is 0 Å². The average molecular weight is 273 g/mol. The first kappa shape index (κ1) is 10.1. The maximum Gasteiger partial charge on any atom is 0.0603 e. The van der Waals surface area contributed by atoms with Crippen LogP contribution in [-0.4, -0.2) is 4.98 Å². The molecule has 1 nitrogen and oxygen atoms in total. The molecule has 0 unspecified atom stereocenters.